The monoisotopic (exact) mass is 413 g/mol. The maximum atomic E-state index is 13.0. The number of ether oxygens (including phenoxy) is 2. The molecule has 5 nitrogen and oxygen atoms in total. The van der Waals surface area contributed by atoms with E-state index in [1.165, 1.54) is 43.5 Å². The smallest absolute Gasteiger partial charge is 0.208 e. The van der Waals surface area contributed by atoms with E-state index in [1.807, 2.05) is 36.4 Å². The van der Waals surface area contributed by atoms with Gasteiger partial charge in [-0.05, 0) is 35.9 Å². The van der Waals surface area contributed by atoms with Crippen molar-refractivity contribution in [3.63, 3.8) is 0 Å². The van der Waals surface area contributed by atoms with Crippen molar-refractivity contribution in [3.05, 3.63) is 82.9 Å². The summed E-state index contributed by atoms with van der Waals surface area (Å²) >= 11 is 6.07. The molecular formula is C21H16ClNO4S. The Kier molecular flexibility index (Phi) is 5.88. The first-order valence-electron chi connectivity index (χ1n) is 8.25. The molecule has 3 aromatic carbocycles. The van der Waals surface area contributed by atoms with E-state index in [0.717, 1.165) is 5.56 Å². The van der Waals surface area contributed by atoms with Gasteiger partial charge in [0.2, 0.25) is 9.84 Å². The molecule has 0 aliphatic rings. The van der Waals surface area contributed by atoms with Crippen molar-refractivity contribution in [2.24, 2.45) is 0 Å². The highest BCUT2D eigenvalue weighted by Crippen LogP contribution is 2.34. The van der Waals surface area contributed by atoms with E-state index in [9.17, 15) is 8.42 Å². The molecule has 142 valence electrons. The van der Waals surface area contributed by atoms with Crippen molar-refractivity contribution < 1.29 is 17.9 Å². The number of nitrogens with zero attached hydrogens (tertiary/aromatic N) is 1. The van der Waals surface area contributed by atoms with E-state index in [2.05, 4.69) is 0 Å². The molecule has 0 unspecified atom stereocenters. The first-order valence-corrected chi connectivity index (χ1v) is 10.1. The van der Waals surface area contributed by atoms with Gasteiger partial charge in [-0.3, -0.25) is 0 Å². The summed E-state index contributed by atoms with van der Waals surface area (Å²) in [7, 11) is -2.50. The number of rotatable bonds is 6. The van der Waals surface area contributed by atoms with Gasteiger partial charge in [0.15, 0.2) is 11.5 Å². The van der Waals surface area contributed by atoms with E-state index in [1.54, 1.807) is 0 Å². The zero-order valence-corrected chi connectivity index (χ0v) is 16.5. The molecule has 0 saturated carbocycles. The molecule has 28 heavy (non-hydrogen) atoms. The topological polar surface area (TPSA) is 76.4 Å². The maximum Gasteiger partial charge on any atom is 0.208 e. The van der Waals surface area contributed by atoms with Crippen LogP contribution < -0.4 is 9.47 Å². The summed E-state index contributed by atoms with van der Waals surface area (Å²) in [5.41, 5.74) is 1.18. The van der Waals surface area contributed by atoms with Crippen LogP contribution in [0, 0.1) is 11.3 Å². The summed E-state index contributed by atoms with van der Waals surface area (Å²) in [6, 6.07) is 19.9. The molecule has 0 aliphatic heterocycles. The molecule has 0 amide bonds. The van der Waals surface area contributed by atoms with Crippen molar-refractivity contribution in [3.8, 4) is 17.6 Å². The average Bonchev–Trinajstić information content (AvgIpc) is 2.73. The molecule has 0 aromatic heterocycles. The molecule has 0 N–H and O–H groups in total. The third-order valence-electron chi connectivity index (χ3n) is 4.03. The maximum absolute atomic E-state index is 13.0. The summed E-state index contributed by atoms with van der Waals surface area (Å²) in [5, 5.41) is 9.08. The summed E-state index contributed by atoms with van der Waals surface area (Å²) < 4.78 is 37.0. The summed E-state index contributed by atoms with van der Waals surface area (Å²) in [6.45, 7) is 0.319. The van der Waals surface area contributed by atoms with E-state index in [4.69, 9.17) is 26.3 Å². The van der Waals surface area contributed by atoms with Crippen LogP contribution in [0.2, 0.25) is 5.02 Å². The fourth-order valence-corrected chi connectivity index (χ4v) is 4.37. The van der Waals surface area contributed by atoms with Crippen LogP contribution in [0.5, 0.6) is 11.5 Å². The van der Waals surface area contributed by atoms with Crippen LogP contribution in [0.3, 0.4) is 0 Å². The van der Waals surface area contributed by atoms with Crippen molar-refractivity contribution in [1.82, 2.24) is 0 Å². The Morgan fingerprint density at radius 3 is 2.43 bits per heavy atom. The number of methoxy groups -OCH3 is 1. The highest BCUT2D eigenvalue weighted by Gasteiger charge is 2.23. The number of benzene rings is 3. The van der Waals surface area contributed by atoms with E-state index < -0.39 is 9.84 Å². The molecule has 0 spiro atoms. The highest BCUT2D eigenvalue weighted by molar-refractivity contribution is 7.91. The van der Waals surface area contributed by atoms with Crippen LogP contribution in [-0.4, -0.2) is 15.5 Å². The Hall–Kier alpha value is -3.01. The largest absolute Gasteiger partial charge is 0.493 e. The van der Waals surface area contributed by atoms with Crippen LogP contribution in [0.4, 0.5) is 0 Å². The summed E-state index contributed by atoms with van der Waals surface area (Å²) in [4.78, 5) is -0.137. The van der Waals surface area contributed by atoms with Gasteiger partial charge in [0, 0.05) is 6.07 Å². The molecule has 0 saturated heterocycles. The van der Waals surface area contributed by atoms with Crippen LogP contribution in [0.25, 0.3) is 0 Å². The second kappa shape index (κ2) is 8.34. The van der Waals surface area contributed by atoms with Crippen molar-refractivity contribution in [2.75, 3.05) is 7.11 Å². The zero-order chi connectivity index (χ0) is 20.1. The Labute approximate surface area is 168 Å². The minimum atomic E-state index is -3.94. The standard InChI is InChI=1S/C21H16ClNO4S/c1-26-20-12-17(8-10-19(20)27-14-15-5-3-2-4-6-15)28(24,25)21-11-16(13-23)7-9-18(21)22/h2-12H,14H2,1H3. The van der Waals surface area contributed by atoms with Gasteiger partial charge in [-0.25, -0.2) is 8.42 Å². The number of hydrogen-bond donors (Lipinski definition) is 0. The Bertz CT molecular complexity index is 1140. The highest BCUT2D eigenvalue weighted by atomic mass is 35.5. The SMILES string of the molecule is COc1cc(S(=O)(=O)c2cc(C#N)ccc2Cl)ccc1OCc1ccccc1. The number of nitriles is 1. The van der Waals surface area contributed by atoms with Gasteiger partial charge in [-0.2, -0.15) is 5.26 Å². The molecule has 7 heteroatoms. The second-order valence-corrected chi connectivity index (χ2v) is 8.17. The summed E-state index contributed by atoms with van der Waals surface area (Å²) in [5.74, 6) is 0.701. The minimum Gasteiger partial charge on any atom is -0.493 e. The van der Waals surface area contributed by atoms with Crippen LogP contribution in [0.15, 0.2) is 76.5 Å². The van der Waals surface area contributed by atoms with Gasteiger partial charge in [-0.1, -0.05) is 41.9 Å². The Morgan fingerprint density at radius 2 is 1.75 bits per heavy atom. The average molecular weight is 414 g/mol. The van der Waals surface area contributed by atoms with Gasteiger partial charge in [0.1, 0.15) is 6.61 Å². The molecule has 0 fully saturated rings. The lowest BCUT2D eigenvalue weighted by Crippen LogP contribution is -2.05. The molecular weight excluding hydrogens is 398 g/mol. The van der Waals surface area contributed by atoms with Crippen molar-refractivity contribution in [1.29, 1.82) is 5.26 Å². The van der Waals surface area contributed by atoms with E-state index in [0.29, 0.717) is 12.4 Å². The van der Waals surface area contributed by atoms with Crippen LogP contribution in [-0.2, 0) is 16.4 Å². The first-order chi connectivity index (χ1) is 13.5. The molecule has 3 aromatic rings. The van der Waals surface area contributed by atoms with Gasteiger partial charge >= 0.3 is 0 Å². The quantitative estimate of drug-likeness (QED) is 0.588. The lowest BCUT2D eigenvalue weighted by Gasteiger charge is -2.13. The van der Waals surface area contributed by atoms with Gasteiger partial charge in [0.25, 0.3) is 0 Å². The van der Waals surface area contributed by atoms with E-state index in [-0.39, 0.29) is 26.1 Å². The van der Waals surface area contributed by atoms with Gasteiger partial charge < -0.3 is 9.47 Å². The molecule has 0 heterocycles. The predicted molar refractivity (Wildman–Crippen MR) is 105 cm³/mol. The summed E-state index contributed by atoms with van der Waals surface area (Å²) in [6.07, 6.45) is 0. The molecule has 3 rings (SSSR count). The third kappa shape index (κ3) is 4.11. The molecule has 0 atom stereocenters. The third-order valence-corrected chi connectivity index (χ3v) is 6.27. The predicted octanol–water partition coefficient (Wildman–Crippen LogP) is 4.63. The second-order valence-electron chi connectivity index (χ2n) is 5.85. The van der Waals surface area contributed by atoms with Crippen LogP contribution in [0.1, 0.15) is 11.1 Å². The van der Waals surface area contributed by atoms with E-state index >= 15 is 0 Å². The number of hydrogen-bond acceptors (Lipinski definition) is 5. The van der Waals surface area contributed by atoms with Gasteiger partial charge in [0.05, 0.1) is 33.6 Å². The fraction of sp³-hybridized carbons (Fsp3) is 0.0952. The molecule has 0 bridgehead atoms. The fourth-order valence-electron chi connectivity index (χ4n) is 2.58. The first kappa shape index (κ1) is 19.7. The Morgan fingerprint density at radius 1 is 1.00 bits per heavy atom. The Balaban J connectivity index is 1.94. The van der Waals surface area contributed by atoms with Crippen molar-refractivity contribution >= 4 is 21.4 Å². The number of halogens is 1. The van der Waals surface area contributed by atoms with Crippen molar-refractivity contribution in [2.45, 2.75) is 16.4 Å². The minimum absolute atomic E-state index is 0.00611. The lowest BCUT2D eigenvalue weighted by atomic mass is 10.2. The molecule has 0 aliphatic carbocycles. The zero-order valence-electron chi connectivity index (χ0n) is 14.9. The van der Waals surface area contributed by atoms with Gasteiger partial charge in [-0.15, -0.1) is 0 Å². The number of sulfone groups is 1. The molecule has 0 radical (unpaired) electrons. The van der Waals surface area contributed by atoms with Crippen LogP contribution >= 0.6 is 11.6 Å². The lowest BCUT2D eigenvalue weighted by molar-refractivity contribution is 0.284. The normalized spacial score (nSPS) is 10.9.